The van der Waals surface area contributed by atoms with Gasteiger partial charge >= 0.3 is 0 Å². The molecule has 2 fully saturated rings. The van der Waals surface area contributed by atoms with Crippen molar-refractivity contribution in [2.45, 2.75) is 58.0 Å². The van der Waals surface area contributed by atoms with Crippen LogP contribution in [0.1, 0.15) is 51.5 Å². The standard InChI is InChI=1S/C24H30N2/c1-16-8-9-17(2)26(16)25(3)24-22-13-12-21(15-22)23(24)20-11-10-18-6-4-5-7-19(18)14-20/h4-7,10-11,14,16-17,21-22H,8-9,12-13,15H2,1-3H3. The maximum Gasteiger partial charge on any atom is 0.0365 e. The summed E-state index contributed by atoms with van der Waals surface area (Å²) in [5, 5.41) is 7.93. The first-order valence-electron chi connectivity index (χ1n) is 10.4. The molecule has 2 aromatic rings. The van der Waals surface area contributed by atoms with Crippen molar-refractivity contribution in [3.63, 3.8) is 0 Å². The van der Waals surface area contributed by atoms with Crippen molar-refractivity contribution in [2.75, 3.05) is 7.05 Å². The van der Waals surface area contributed by atoms with Gasteiger partial charge in [0.15, 0.2) is 0 Å². The molecule has 2 aliphatic carbocycles. The maximum absolute atomic E-state index is 2.65. The van der Waals surface area contributed by atoms with Crippen molar-refractivity contribution < 1.29 is 0 Å². The molecule has 2 heteroatoms. The molecule has 2 aromatic carbocycles. The van der Waals surface area contributed by atoms with E-state index in [0.717, 1.165) is 11.8 Å². The largest absolute Gasteiger partial charge is 0.312 e. The van der Waals surface area contributed by atoms with E-state index in [1.54, 1.807) is 11.3 Å². The summed E-state index contributed by atoms with van der Waals surface area (Å²) < 4.78 is 0. The Kier molecular flexibility index (Phi) is 3.86. The van der Waals surface area contributed by atoms with E-state index in [1.807, 2.05) is 0 Å². The molecule has 26 heavy (non-hydrogen) atoms. The topological polar surface area (TPSA) is 6.48 Å². The highest BCUT2D eigenvalue weighted by Crippen LogP contribution is 2.54. The minimum absolute atomic E-state index is 0.652. The Morgan fingerprint density at radius 3 is 2.31 bits per heavy atom. The van der Waals surface area contributed by atoms with E-state index in [9.17, 15) is 0 Å². The number of hydrogen-bond donors (Lipinski definition) is 0. The fraction of sp³-hybridized carbons (Fsp3) is 0.500. The maximum atomic E-state index is 2.65. The summed E-state index contributed by atoms with van der Waals surface area (Å²) in [4.78, 5) is 0. The first-order valence-corrected chi connectivity index (χ1v) is 10.4. The molecule has 1 saturated heterocycles. The molecular weight excluding hydrogens is 316 g/mol. The Bertz CT molecular complexity index is 857. The Balaban J connectivity index is 1.61. The van der Waals surface area contributed by atoms with E-state index >= 15 is 0 Å². The Labute approximate surface area is 157 Å². The van der Waals surface area contributed by atoms with Crippen LogP contribution in [0.15, 0.2) is 48.2 Å². The lowest BCUT2D eigenvalue weighted by Crippen LogP contribution is -2.46. The van der Waals surface area contributed by atoms with Crippen LogP contribution >= 0.6 is 0 Å². The molecule has 4 unspecified atom stereocenters. The summed E-state index contributed by atoms with van der Waals surface area (Å²) in [5.74, 6) is 1.51. The monoisotopic (exact) mass is 346 g/mol. The second-order valence-corrected chi connectivity index (χ2v) is 8.75. The van der Waals surface area contributed by atoms with Crippen molar-refractivity contribution in [3.8, 4) is 0 Å². The highest BCUT2D eigenvalue weighted by Gasteiger charge is 2.44. The van der Waals surface area contributed by atoms with Crippen LogP contribution in [0.4, 0.5) is 0 Å². The van der Waals surface area contributed by atoms with Gasteiger partial charge in [-0.3, -0.25) is 0 Å². The predicted octanol–water partition coefficient (Wildman–Crippen LogP) is 5.70. The van der Waals surface area contributed by atoms with Gasteiger partial charge in [-0.2, -0.15) is 0 Å². The van der Waals surface area contributed by atoms with E-state index in [4.69, 9.17) is 0 Å². The third kappa shape index (κ3) is 2.42. The number of nitrogens with zero attached hydrogens (tertiary/aromatic N) is 2. The molecule has 136 valence electrons. The van der Waals surface area contributed by atoms with E-state index in [2.05, 4.69) is 73.4 Å². The van der Waals surface area contributed by atoms with E-state index < -0.39 is 0 Å². The van der Waals surface area contributed by atoms with Crippen LogP contribution < -0.4 is 0 Å². The molecule has 0 spiro atoms. The normalized spacial score (nSPS) is 31.3. The third-order valence-electron chi connectivity index (χ3n) is 7.16. The number of hydrogen-bond acceptors (Lipinski definition) is 2. The summed E-state index contributed by atoms with van der Waals surface area (Å²) >= 11 is 0. The van der Waals surface area contributed by atoms with Crippen LogP contribution in [0.5, 0.6) is 0 Å². The van der Waals surface area contributed by atoms with Gasteiger partial charge in [-0.05, 0) is 79.8 Å². The lowest BCUT2D eigenvalue weighted by molar-refractivity contribution is -0.0132. The summed E-state index contributed by atoms with van der Waals surface area (Å²) in [6, 6.07) is 17.2. The molecule has 0 aromatic heterocycles. The number of allylic oxidation sites excluding steroid dienone is 2. The van der Waals surface area contributed by atoms with Crippen molar-refractivity contribution in [2.24, 2.45) is 11.8 Å². The minimum Gasteiger partial charge on any atom is -0.312 e. The van der Waals surface area contributed by atoms with E-state index in [-0.39, 0.29) is 0 Å². The van der Waals surface area contributed by atoms with Crippen molar-refractivity contribution in [1.29, 1.82) is 0 Å². The molecule has 0 N–H and O–H groups in total. The zero-order valence-corrected chi connectivity index (χ0v) is 16.3. The first kappa shape index (κ1) is 16.4. The van der Waals surface area contributed by atoms with Crippen molar-refractivity contribution in [1.82, 2.24) is 10.0 Å². The quantitative estimate of drug-likeness (QED) is 0.703. The van der Waals surface area contributed by atoms with Gasteiger partial charge in [0.2, 0.25) is 0 Å². The zero-order chi connectivity index (χ0) is 17.8. The lowest BCUT2D eigenvalue weighted by Gasteiger charge is -2.41. The highest BCUT2D eigenvalue weighted by atomic mass is 15.6. The second-order valence-electron chi connectivity index (χ2n) is 8.75. The number of rotatable bonds is 3. The first-order chi connectivity index (χ1) is 12.6. The molecule has 2 bridgehead atoms. The van der Waals surface area contributed by atoms with Crippen molar-refractivity contribution >= 4 is 16.3 Å². The van der Waals surface area contributed by atoms with Gasteiger partial charge in [-0.25, -0.2) is 5.01 Å². The second kappa shape index (κ2) is 6.13. The number of benzene rings is 2. The van der Waals surface area contributed by atoms with Crippen molar-refractivity contribution in [3.05, 3.63) is 53.7 Å². The fourth-order valence-corrected chi connectivity index (χ4v) is 6.00. The fourth-order valence-electron chi connectivity index (χ4n) is 6.00. The Morgan fingerprint density at radius 2 is 1.54 bits per heavy atom. The van der Waals surface area contributed by atoms with Crippen LogP contribution in [0.25, 0.3) is 16.3 Å². The SMILES string of the molecule is CC1CCC(C)N1N(C)C1=C(c2ccc3ccccc3c2)C2CCC1C2. The van der Waals surface area contributed by atoms with Crippen LogP contribution in [0.2, 0.25) is 0 Å². The molecule has 1 aliphatic heterocycles. The molecule has 4 atom stereocenters. The van der Waals surface area contributed by atoms with Gasteiger partial charge in [0.25, 0.3) is 0 Å². The molecule has 0 radical (unpaired) electrons. The Hall–Kier alpha value is -1.80. The summed E-state index contributed by atoms with van der Waals surface area (Å²) in [6.45, 7) is 4.78. The third-order valence-corrected chi connectivity index (χ3v) is 7.16. The average molecular weight is 347 g/mol. The highest BCUT2D eigenvalue weighted by molar-refractivity contribution is 5.87. The molecule has 2 nitrogen and oxygen atoms in total. The molecule has 1 saturated carbocycles. The molecule has 5 rings (SSSR count). The summed E-state index contributed by atoms with van der Waals surface area (Å²) in [5.41, 5.74) is 4.72. The van der Waals surface area contributed by atoms with E-state index in [1.165, 1.54) is 48.4 Å². The van der Waals surface area contributed by atoms with Gasteiger partial charge in [-0.15, -0.1) is 0 Å². The smallest absolute Gasteiger partial charge is 0.0365 e. The summed E-state index contributed by atoms with van der Waals surface area (Å²) in [7, 11) is 2.33. The van der Waals surface area contributed by atoms with Crippen LogP contribution in [0, 0.1) is 11.8 Å². The lowest BCUT2D eigenvalue weighted by atomic mass is 9.89. The molecule has 1 heterocycles. The van der Waals surface area contributed by atoms with Gasteiger partial charge < -0.3 is 5.01 Å². The van der Waals surface area contributed by atoms with Gasteiger partial charge in [0.05, 0.1) is 0 Å². The molecule has 3 aliphatic rings. The Morgan fingerprint density at radius 1 is 0.846 bits per heavy atom. The van der Waals surface area contributed by atoms with Gasteiger partial charge in [0, 0.05) is 30.7 Å². The predicted molar refractivity (Wildman–Crippen MR) is 109 cm³/mol. The van der Waals surface area contributed by atoms with Gasteiger partial charge in [0.1, 0.15) is 0 Å². The van der Waals surface area contributed by atoms with Crippen LogP contribution in [-0.4, -0.2) is 29.1 Å². The number of hydrazine groups is 1. The van der Waals surface area contributed by atoms with Gasteiger partial charge in [-0.1, -0.05) is 36.4 Å². The summed E-state index contributed by atoms with van der Waals surface area (Å²) in [6.07, 6.45) is 6.74. The minimum atomic E-state index is 0.652. The van der Waals surface area contributed by atoms with Crippen LogP contribution in [-0.2, 0) is 0 Å². The molecular formula is C24H30N2. The van der Waals surface area contributed by atoms with Crippen LogP contribution in [0.3, 0.4) is 0 Å². The number of fused-ring (bicyclic) bond motifs is 3. The van der Waals surface area contributed by atoms with E-state index in [0.29, 0.717) is 12.1 Å². The molecule has 0 amide bonds. The average Bonchev–Trinajstić information content (AvgIpc) is 3.35. The zero-order valence-electron chi connectivity index (χ0n) is 16.3.